The Hall–Kier alpha value is -1.03. The van der Waals surface area contributed by atoms with Crippen LogP contribution >= 0.6 is 0 Å². The van der Waals surface area contributed by atoms with Crippen LogP contribution in [0.4, 0.5) is 5.69 Å². The minimum atomic E-state index is -1.41. The van der Waals surface area contributed by atoms with Crippen molar-refractivity contribution >= 4 is 11.6 Å². The summed E-state index contributed by atoms with van der Waals surface area (Å²) in [6.07, 6.45) is 1.03. The zero-order valence-electron chi connectivity index (χ0n) is 13.9. The molecule has 3 nitrogen and oxygen atoms in total. The molecule has 0 heterocycles. The van der Waals surface area contributed by atoms with Gasteiger partial charge in [0.25, 0.3) is 0 Å². The molecule has 2 rings (SSSR count). The minimum Gasteiger partial charge on any atom is -0.380 e. The molecule has 0 bridgehead atoms. The van der Waals surface area contributed by atoms with Gasteiger partial charge in [0.1, 0.15) is 5.60 Å². The zero-order chi connectivity index (χ0) is 16.2. The number of hydrogen-bond acceptors (Lipinski definition) is 2. The van der Waals surface area contributed by atoms with Gasteiger partial charge in [-0.15, -0.1) is 6.07 Å². The third kappa shape index (κ3) is 6.17. The quantitative estimate of drug-likeness (QED) is 0.775. The molecule has 1 unspecified atom stereocenters. The van der Waals surface area contributed by atoms with Gasteiger partial charge in [-0.05, 0) is 32.3 Å². The molecule has 0 saturated carbocycles. The minimum absolute atomic E-state index is 0. The van der Waals surface area contributed by atoms with Gasteiger partial charge in [-0.3, -0.25) is 4.79 Å². The van der Waals surface area contributed by atoms with E-state index in [2.05, 4.69) is 11.4 Å². The van der Waals surface area contributed by atoms with Crippen LogP contribution in [-0.2, 0) is 43.9 Å². The van der Waals surface area contributed by atoms with E-state index >= 15 is 0 Å². The number of benzene rings is 2. The van der Waals surface area contributed by atoms with Gasteiger partial charge in [0.15, 0.2) is 0 Å². The van der Waals surface area contributed by atoms with Crippen LogP contribution in [0.5, 0.6) is 0 Å². The maximum absolute atomic E-state index is 12.2. The summed E-state index contributed by atoms with van der Waals surface area (Å²) in [5.41, 5.74) is 2.55. The Bertz CT molecular complexity index is 633. The van der Waals surface area contributed by atoms with E-state index in [4.69, 9.17) is 0 Å². The van der Waals surface area contributed by atoms with E-state index in [0.717, 1.165) is 11.1 Å². The number of aliphatic hydroxyl groups is 1. The summed E-state index contributed by atoms with van der Waals surface area (Å²) < 4.78 is 0. The molecule has 0 aliphatic rings. The van der Waals surface area contributed by atoms with Crippen LogP contribution in [0.1, 0.15) is 30.0 Å². The third-order valence-electron chi connectivity index (χ3n) is 3.74. The van der Waals surface area contributed by atoms with E-state index in [1.54, 1.807) is 19.1 Å². The van der Waals surface area contributed by atoms with Crippen LogP contribution in [0, 0.1) is 19.9 Å². The van der Waals surface area contributed by atoms with E-state index in [-0.39, 0.29) is 32.7 Å². The van der Waals surface area contributed by atoms with Crippen molar-refractivity contribution in [3.05, 3.63) is 65.2 Å². The number of carbonyl (C=O) groups excluding carboxylic acids is 1. The largest absolute Gasteiger partial charge is 0.380 e. The first kappa shape index (κ1) is 20.0. The summed E-state index contributed by atoms with van der Waals surface area (Å²) in [6, 6.07) is 16.5. The van der Waals surface area contributed by atoms with Crippen molar-refractivity contribution in [3.63, 3.8) is 0 Å². The molecule has 0 aliphatic heterocycles. The van der Waals surface area contributed by atoms with Crippen molar-refractivity contribution in [2.24, 2.45) is 0 Å². The molecule has 2 aromatic carbocycles. The van der Waals surface area contributed by atoms with Crippen LogP contribution in [0.3, 0.4) is 0 Å². The fourth-order valence-electron chi connectivity index (χ4n) is 2.10. The van der Waals surface area contributed by atoms with Crippen molar-refractivity contribution < 1.29 is 42.6 Å². The van der Waals surface area contributed by atoms with Crippen molar-refractivity contribution in [1.82, 2.24) is 0 Å². The SMILES string of the molecule is Cc1[c-]cc(NC(=O)C(C)(O)CCc2ccc(C)cc2)cc1.[Y]. The van der Waals surface area contributed by atoms with Gasteiger partial charge >= 0.3 is 0 Å². The van der Waals surface area contributed by atoms with Crippen LogP contribution in [-0.4, -0.2) is 16.6 Å². The van der Waals surface area contributed by atoms with Gasteiger partial charge in [-0.1, -0.05) is 42.4 Å². The Morgan fingerprint density at radius 3 is 2.39 bits per heavy atom. The molecular formula is C19H22NO2Y-. The average Bonchev–Trinajstić information content (AvgIpc) is 2.49. The normalized spacial score (nSPS) is 12.9. The zero-order valence-corrected chi connectivity index (χ0v) is 16.7. The summed E-state index contributed by atoms with van der Waals surface area (Å²) in [6.45, 7) is 5.52. The molecule has 0 spiro atoms. The predicted molar refractivity (Wildman–Crippen MR) is 88.8 cm³/mol. The number of nitrogens with one attached hydrogen (secondary N) is 1. The first-order valence-corrected chi connectivity index (χ1v) is 7.44. The number of amides is 1. The van der Waals surface area contributed by atoms with Gasteiger partial charge in [0, 0.05) is 32.7 Å². The number of aryl methyl sites for hydroxylation is 3. The second kappa shape index (κ2) is 8.72. The predicted octanol–water partition coefficient (Wildman–Crippen LogP) is 3.42. The molecule has 1 radical (unpaired) electrons. The summed E-state index contributed by atoms with van der Waals surface area (Å²) in [7, 11) is 0. The molecule has 0 aliphatic carbocycles. The molecule has 2 N–H and O–H groups in total. The Kier molecular flexibility index (Phi) is 7.59. The third-order valence-corrected chi connectivity index (χ3v) is 3.74. The van der Waals surface area contributed by atoms with Gasteiger partial charge in [0.05, 0.1) is 0 Å². The number of carbonyl (C=O) groups is 1. The summed E-state index contributed by atoms with van der Waals surface area (Å²) >= 11 is 0. The van der Waals surface area contributed by atoms with Crippen molar-refractivity contribution in [2.45, 2.75) is 39.2 Å². The molecule has 1 amide bonds. The maximum atomic E-state index is 12.2. The molecule has 23 heavy (non-hydrogen) atoms. The molecular weight excluding hydrogens is 363 g/mol. The first-order chi connectivity index (χ1) is 10.4. The van der Waals surface area contributed by atoms with Gasteiger partial charge < -0.3 is 10.4 Å². The fraction of sp³-hybridized carbons (Fsp3) is 0.316. The van der Waals surface area contributed by atoms with Gasteiger partial charge in [-0.2, -0.15) is 23.8 Å². The Morgan fingerprint density at radius 2 is 1.83 bits per heavy atom. The Morgan fingerprint density at radius 1 is 1.17 bits per heavy atom. The Labute approximate surface area is 163 Å². The second-order valence-electron chi connectivity index (χ2n) is 5.97. The van der Waals surface area contributed by atoms with E-state index in [9.17, 15) is 9.90 Å². The maximum Gasteiger partial charge on any atom is 0.245 e. The van der Waals surface area contributed by atoms with Crippen molar-refractivity contribution in [1.29, 1.82) is 0 Å². The monoisotopic (exact) mass is 385 g/mol. The van der Waals surface area contributed by atoms with E-state index in [1.165, 1.54) is 5.56 Å². The second-order valence-corrected chi connectivity index (χ2v) is 5.97. The molecule has 4 heteroatoms. The molecule has 0 aromatic heterocycles. The first-order valence-electron chi connectivity index (χ1n) is 7.44. The molecule has 0 fully saturated rings. The Balaban J connectivity index is 0.00000264. The van der Waals surface area contributed by atoms with Crippen molar-refractivity contribution in [3.8, 4) is 0 Å². The van der Waals surface area contributed by atoms with E-state index < -0.39 is 11.5 Å². The van der Waals surface area contributed by atoms with E-state index in [1.807, 2.05) is 44.2 Å². The molecule has 1 atom stereocenters. The topological polar surface area (TPSA) is 49.3 Å². The van der Waals surface area contributed by atoms with Crippen LogP contribution in [0.15, 0.2) is 42.5 Å². The fourth-order valence-corrected chi connectivity index (χ4v) is 2.10. The van der Waals surface area contributed by atoms with Crippen molar-refractivity contribution in [2.75, 3.05) is 5.32 Å². The van der Waals surface area contributed by atoms with Crippen LogP contribution in [0.25, 0.3) is 0 Å². The van der Waals surface area contributed by atoms with Gasteiger partial charge in [0.2, 0.25) is 5.91 Å². The standard InChI is InChI=1S/C19H22NO2.Y/c1-14-4-8-16(9-5-14)12-13-19(3,22)18(21)20-17-10-6-15(2)7-11-17;/h4-6,8-11,22H,12-13H2,1-3H3,(H,20,21);/q-1;. The summed E-state index contributed by atoms with van der Waals surface area (Å²) in [4.78, 5) is 12.2. The molecule has 2 aromatic rings. The smallest absolute Gasteiger partial charge is 0.245 e. The number of anilines is 1. The average molecular weight is 385 g/mol. The van der Waals surface area contributed by atoms with Crippen LogP contribution < -0.4 is 5.32 Å². The molecule has 119 valence electrons. The summed E-state index contributed by atoms with van der Waals surface area (Å²) in [5, 5.41) is 13.1. The number of hydrogen-bond donors (Lipinski definition) is 2. The van der Waals surface area contributed by atoms with E-state index in [0.29, 0.717) is 18.5 Å². The summed E-state index contributed by atoms with van der Waals surface area (Å²) in [5.74, 6) is -0.392. The van der Waals surface area contributed by atoms with Crippen LogP contribution in [0.2, 0.25) is 0 Å². The number of rotatable bonds is 5. The van der Waals surface area contributed by atoms with Gasteiger partial charge in [-0.25, -0.2) is 0 Å². The molecule has 0 saturated heterocycles.